The summed E-state index contributed by atoms with van der Waals surface area (Å²) in [5, 5.41) is 10.5. The number of nitrogens with zero attached hydrogens (tertiary/aromatic N) is 4. The van der Waals surface area contributed by atoms with Gasteiger partial charge < -0.3 is 15.0 Å². The molecule has 0 saturated carbocycles. The molecular formula is C15H16N6O2. The van der Waals surface area contributed by atoms with E-state index in [1.165, 1.54) is 0 Å². The number of benzene rings is 1. The Morgan fingerprint density at radius 3 is 2.83 bits per heavy atom. The van der Waals surface area contributed by atoms with Gasteiger partial charge in [-0.25, -0.2) is 9.97 Å². The Balaban J connectivity index is 2.13. The van der Waals surface area contributed by atoms with Crippen LogP contribution in [-0.2, 0) is 0 Å². The average molecular weight is 312 g/mol. The lowest BCUT2D eigenvalue weighted by molar-refractivity contribution is 0.318. The molecule has 0 bridgehead atoms. The molecule has 0 atom stereocenters. The Hall–Kier alpha value is -3.03. The zero-order chi connectivity index (χ0) is 16.2. The van der Waals surface area contributed by atoms with E-state index in [1.807, 2.05) is 31.2 Å². The van der Waals surface area contributed by atoms with E-state index >= 15 is 0 Å². The van der Waals surface area contributed by atoms with Gasteiger partial charge in [-0.2, -0.15) is 0 Å². The molecule has 118 valence electrons. The molecule has 0 fully saturated rings. The maximum atomic E-state index is 12.3. The number of aromatic amines is 1. The number of ether oxygens (including phenoxy) is 1. The van der Waals surface area contributed by atoms with Crippen molar-refractivity contribution < 1.29 is 4.74 Å². The lowest BCUT2D eigenvalue weighted by Gasteiger charge is -2.10. The van der Waals surface area contributed by atoms with E-state index in [9.17, 15) is 4.79 Å². The summed E-state index contributed by atoms with van der Waals surface area (Å²) >= 11 is 0. The summed E-state index contributed by atoms with van der Waals surface area (Å²) in [6, 6.07) is 7.39. The molecule has 3 rings (SSSR count). The highest BCUT2D eigenvalue weighted by molar-refractivity contribution is 5.73. The van der Waals surface area contributed by atoms with Crippen LogP contribution in [0.3, 0.4) is 0 Å². The maximum absolute atomic E-state index is 12.3. The molecule has 1 aromatic carbocycles. The summed E-state index contributed by atoms with van der Waals surface area (Å²) in [6.07, 6.45) is 0.887. The smallest absolute Gasteiger partial charge is 0.279 e. The summed E-state index contributed by atoms with van der Waals surface area (Å²) in [6.45, 7) is 2.61. The van der Waals surface area contributed by atoms with Crippen molar-refractivity contribution in [1.29, 1.82) is 0 Å². The van der Waals surface area contributed by atoms with Gasteiger partial charge in [-0.1, -0.05) is 19.1 Å². The normalized spacial score (nSPS) is 10.7. The molecule has 8 nitrogen and oxygen atoms in total. The van der Waals surface area contributed by atoms with Crippen LogP contribution in [0.5, 0.6) is 5.75 Å². The molecule has 23 heavy (non-hydrogen) atoms. The lowest BCUT2D eigenvalue weighted by atomic mass is 10.2. The molecule has 0 aliphatic rings. The van der Waals surface area contributed by atoms with Crippen LogP contribution in [0, 0.1) is 0 Å². The third-order valence-electron chi connectivity index (χ3n) is 3.16. The van der Waals surface area contributed by atoms with Crippen LogP contribution in [0.2, 0.25) is 0 Å². The Kier molecular flexibility index (Phi) is 4.13. The first-order valence-corrected chi connectivity index (χ1v) is 7.27. The Labute approximate surface area is 132 Å². The highest BCUT2D eigenvalue weighted by atomic mass is 16.5. The van der Waals surface area contributed by atoms with Crippen LogP contribution in [0.4, 0.5) is 5.95 Å². The van der Waals surface area contributed by atoms with Gasteiger partial charge in [0, 0.05) is 7.05 Å². The Morgan fingerprint density at radius 1 is 1.22 bits per heavy atom. The van der Waals surface area contributed by atoms with Crippen molar-refractivity contribution in [3.8, 4) is 17.1 Å². The zero-order valence-corrected chi connectivity index (χ0v) is 12.8. The van der Waals surface area contributed by atoms with Crippen LogP contribution >= 0.6 is 0 Å². The fourth-order valence-electron chi connectivity index (χ4n) is 2.08. The molecule has 0 aliphatic carbocycles. The molecule has 2 aromatic heterocycles. The molecule has 8 heteroatoms. The number of anilines is 1. The summed E-state index contributed by atoms with van der Waals surface area (Å²) in [5.41, 5.74) is 0.647. The molecule has 0 aliphatic heterocycles. The zero-order valence-electron chi connectivity index (χ0n) is 12.8. The van der Waals surface area contributed by atoms with E-state index < -0.39 is 0 Å². The van der Waals surface area contributed by atoms with Crippen molar-refractivity contribution in [2.75, 3.05) is 19.0 Å². The number of nitrogens with one attached hydrogen (secondary N) is 2. The van der Waals surface area contributed by atoms with Gasteiger partial charge in [0.05, 0.1) is 12.2 Å². The van der Waals surface area contributed by atoms with Crippen molar-refractivity contribution in [1.82, 2.24) is 25.1 Å². The number of hydrogen-bond acceptors (Lipinski definition) is 7. The topological polar surface area (TPSA) is 106 Å². The largest absolute Gasteiger partial charge is 0.493 e. The van der Waals surface area contributed by atoms with Crippen molar-refractivity contribution in [2.24, 2.45) is 0 Å². The minimum absolute atomic E-state index is 0.139. The van der Waals surface area contributed by atoms with Gasteiger partial charge >= 0.3 is 0 Å². The molecule has 0 saturated heterocycles. The van der Waals surface area contributed by atoms with Gasteiger partial charge in [-0.3, -0.25) is 4.79 Å². The van der Waals surface area contributed by atoms with Crippen LogP contribution in [0.25, 0.3) is 22.6 Å². The number of aromatic nitrogens is 5. The van der Waals surface area contributed by atoms with Crippen molar-refractivity contribution >= 4 is 17.1 Å². The predicted octanol–water partition coefficient (Wildman–Crippen LogP) is 1.61. The van der Waals surface area contributed by atoms with E-state index in [-0.39, 0.29) is 22.7 Å². The predicted molar refractivity (Wildman–Crippen MR) is 86.5 cm³/mol. The van der Waals surface area contributed by atoms with Crippen LogP contribution in [-0.4, -0.2) is 38.8 Å². The second-order valence-electron chi connectivity index (χ2n) is 4.82. The number of hydrogen-bond donors (Lipinski definition) is 2. The number of fused-ring (bicyclic) bond motifs is 1. The summed E-state index contributed by atoms with van der Waals surface area (Å²) in [5.74, 6) is 1.30. The third-order valence-corrected chi connectivity index (χ3v) is 3.16. The highest BCUT2D eigenvalue weighted by Crippen LogP contribution is 2.27. The average Bonchev–Trinajstić information content (AvgIpc) is 2.60. The van der Waals surface area contributed by atoms with Gasteiger partial charge in [0.2, 0.25) is 11.6 Å². The Morgan fingerprint density at radius 2 is 2.04 bits per heavy atom. The molecule has 0 radical (unpaired) electrons. The maximum Gasteiger partial charge on any atom is 0.279 e. The minimum Gasteiger partial charge on any atom is -0.493 e. The minimum atomic E-state index is -0.373. The van der Waals surface area contributed by atoms with E-state index in [0.29, 0.717) is 23.7 Å². The number of H-pyrrole nitrogens is 1. The van der Waals surface area contributed by atoms with Gasteiger partial charge in [-0.15, -0.1) is 10.2 Å². The first kappa shape index (κ1) is 14.9. The van der Waals surface area contributed by atoms with Crippen LogP contribution in [0.15, 0.2) is 29.1 Å². The second-order valence-corrected chi connectivity index (χ2v) is 4.82. The molecule has 2 N–H and O–H groups in total. The summed E-state index contributed by atoms with van der Waals surface area (Å²) < 4.78 is 5.71. The highest BCUT2D eigenvalue weighted by Gasteiger charge is 2.13. The van der Waals surface area contributed by atoms with Crippen LogP contribution in [0.1, 0.15) is 13.3 Å². The summed E-state index contributed by atoms with van der Waals surface area (Å²) in [7, 11) is 1.65. The fraction of sp³-hybridized carbons (Fsp3) is 0.267. The van der Waals surface area contributed by atoms with Gasteiger partial charge in [0.15, 0.2) is 5.52 Å². The first-order valence-electron chi connectivity index (χ1n) is 7.27. The van der Waals surface area contributed by atoms with Crippen molar-refractivity contribution in [2.45, 2.75) is 13.3 Å². The quantitative estimate of drug-likeness (QED) is 0.737. The monoisotopic (exact) mass is 312 g/mol. The third kappa shape index (κ3) is 2.96. The second kappa shape index (κ2) is 6.39. The van der Waals surface area contributed by atoms with E-state index in [2.05, 4.69) is 30.5 Å². The lowest BCUT2D eigenvalue weighted by Crippen LogP contribution is -2.14. The molecule has 0 unspecified atom stereocenters. The number of rotatable bonds is 5. The molecule has 2 heterocycles. The van der Waals surface area contributed by atoms with E-state index in [1.54, 1.807) is 7.05 Å². The van der Waals surface area contributed by atoms with Crippen molar-refractivity contribution in [3.05, 3.63) is 34.6 Å². The molecule has 0 amide bonds. The van der Waals surface area contributed by atoms with E-state index in [4.69, 9.17) is 4.74 Å². The summed E-state index contributed by atoms with van der Waals surface area (Å²) in [4.78, 5) is 23.4. The van der Waals surface area contributed by atoms with E-state index in [0.717, 1.165) is 6.42 Å². The van der Waals surface area contributed by atoms with Gasteiger partial charge in [0.25, 0.3) is 5.56 Å². The Bertz CT molecular complexity index is 893. The molecule has 0 spiro atoms. The molecule has 3 aromatic rings. The van der Waals surface area contributed by atoms with Crippen LogP contribution < -0.4 is 15.6 Å². The molecular weight excluding hydrogens is 296 g/mol. The van der Waals surface area contributed by atoms with Gasteiger partial charge in [-0.05, 0) is 18.6 Å². The van der Waals surface area contributed by atoms with Gasteiger partial charge in [0.1, 0.15) is 11.6 Å². The first-order chi connectivity index (χ1) is 11.2. The number of para-hydroxylation sites is 1. The fourth-order valence-corrected chi connectivity index (χ4v) is 2.08. The van der Waals surface area contributed by atoms with Crippen molar-refractivity contribution in [3.63, 3.8) is 0 Å². The SMILES string of the molecule is CCCOc1ccccc1-c1nc2nnc(NC)nc2c(=O)[nH]1. The standard InChI is InChI=1S/C15H16N6O2/c1-3-8-23-10-7-5-4-6-9(10)12-18-13-11(14(22)19-12)17-15(16-2)21-20-13/h4-7H,3,8H2,1-2H3,(H,16,17,21)(H,18,19,20,22).